The van der Waals surface area contributed by atoms with Gasteiger partial charge in [0.1, 0.15) is 5.58 Å². The predicted octanol–water partition coefficient (Wildman–Crippen LogP) is 4.51. The van der Waals surface area contributed by atoms with Gasteiger partial charge in [0.25, 0.3) is 5.91 Å². The Balaban J connectivity index is 1.75. The molecule has 2 heterocycles. The van der Waals surface area contributed by atoms with Gasteiger partial charge in [-0.15, -0.1) is 0 Å². The fourth-order valence-electron chi connectivity index (χ4n) is 2.78. The van der Waals surface area contributed by atoms with Crippen molar-refractivity contribution >= 4 is 56.9 Å². The van der Waals surface area contributed by atoms with E-state index in [9.17, 15) is 9.59 Å². The maximum atomic E-state index is 12.8. The highest BCUT2D eigenvalue weighted by Gasteiger charge is 2.33. The zero-order valence-electron chi connectivity index (χ0n) is 13.8. The third-order valence-electron chi connectivity index (χ3n) is 4.01. The van der Waals surface area contributed by atoms with Crippen molar-refractivity contribution in [1.29, 1.82) is 0 Å². The van der Waals surface area contributed by atoms with Gasteiger partial charge in [-0.25, -0.2) is 4.79 Å². The first-order valence-corrected chi connectivity index (χ1v) is 9.13. The third kappa shape index (κ3) is 2.98. The second-order valence-corrected chi connectivity index (χ2v) is 7.56. The molecule has 0 unspecified atom stereocenters. The fraction of sp³-hybridized carbons (Fsp3) is 0.0500. The van der Waals surface area contributed by atoms with Crippen molar-refractivity contribution in [3.63, 3.8) is 0 Å². The van der Waals surface area contributed by atoms with Crippen molar-refractivity contribution in [2.45, 2.75) is 6.92 Å². The summed E-state index contributed by atoms with van der Waals surface area (Å²) < 4.78 is 5.77. The molecule has 1 fully saturated rings. The molecule has 1 amide bonds. The molecule has 1 aromatic heterocycles. The van der Waals surface area contributed by atoms with Gasteiger partial charge in [0.2, 0.25) is 0 Å². The zero-order valence-corrected chi connectivity index (χ0v) is 15.4. The third-order valence-corrected chi connectivity index (χ3v) is 5.31. The van der Waals surface area contributed by atoms with E-state index in [4.69, 9.17) is 16.6 Å². The molecule has 1 aliphatic rings. The Labute approximate surface area is 159 Å². The van der Waals surface area contributed by atoms with E-state index in [1.807, 2.05) is 43.3 Å². The second kappa shape index (κ2) is 6.55. The summed E-state index contributed by atoms with van der Waals surface area (Å²) in [4.78, 5) is 26.9. The Morgan fingerprint density at radius 1 is 1.08 bits per heavy atom. The summed E-state index contributed by atoms with van der Waals surface area (Å²) in [5.74, 6) is -0.238. The number of carbonyl (C=O) groups excluding carboxylic acids is 1. The molecular formula is C20H13NO3S2. The maximum absolute atomic E-state index is 12.8. The first-order valence-electron chi connectivity index (χ1n) is 7.90. The molecule has 128 valence electrons. The van der Waals surface area contributed by atoms with Gasteiger partial charge in [0, 0.05) is 5.39 Å². The van der Waals surface area contributed by atoms with E-state index >= 15 is 0 Å². The van der Waals surface area contributed by atoms with Crippen LogP contribution in [0.1, 0.15) is 11.1 Å². The SMILES string of the molecule is Cc1cccc(N2C(=O)/C(=C/c3cc4ccccc4oc3=O)SC2=S)c1. The van der Waals surface area contributed by atoms with E-state index in [1.165, 1.54) is 16.7 Å². The molecule has 1 saturated heterocycles. The number of rotatable bonds is 2. The van der Waals surface area contributed by atoms with Crippen LogP contribution in [0.25, 0.3) is 17.0 Å². The van der Waals surface area contributed by atoms with Crippen LogP contribution in [0.5, 0.6) is 0 Å². The molecule has 4 rings (SSSR count). The molecule has 0 atom stereocenters. The Morgan fingerprint density at radius 3 is 2.69 bits per heavy atom. The van der Waals surface area contributed by atoms with Crippen molar-refractivity contribution in [2.24, 2.45) is 0 Å². The predicted molar refractivity (Wildman–Crippen MR) is 109 cm³/mol. The lowest BCUT2D eigenvalue weighted by atomic mass is 10.1. The number of amides is 1. The van der Waals surface area contributed by atoms with Crippen molar-refractivity contribution in [3.8, 4) is 0 Å². The molecule has 1 aliphatic heterocycles. The van der Waals surface area contributed by atoms with Crippen LogP contribution in [0.3, 0.4) is 0 Å². The van der Waals surface area contributed by atoms with Gasteiger partial charge in [-0.2, -0.15) is 0 Å². The highest BCUT2D eigenvalue weighted by Crippen LogP contribution is 2.36. The minimum Gasteiger partial charge on any atom is -0.422 e. The summed E-state index contributed by atoms with van der Waals surface area (Å²) in [6.07, 6.45) is 1.55. The molecule has 0 spiro atoms. The largest absolute Gasteiger partial charge is 0.422 e. The van der Waals surface area contributed by atoms with Gasteiger partial charge in [-0.3, -0.25) is 9.69 Å². The standard InChI is InChI=1S/C20H13NO3S2/c1-12-5-4-7-15(9-12)21-18(22)17(26-20(21)25)11-14-10-13-6-2-3-8-16(13)24-19(14)23/h2-11H,1H3/b17-11-. The Hall–Kier alpha value is -2.70. The number of hydrogen-bond acceptors (Lipinski definition) is 5. The van der Waals surface area contributed by atoms with Gasteiger partial charge in [-0.05, 0) is 42.8 Å². The van der Waals surface area contributed by atoms with Gasteiger partial charge in [0.15, 0.2) is 4.32 Å². The number of thiocarbonyl (C=S) groups is 1. The lowest BCUT2D eigenvalue weighted by Crippen LogP contribution is -2.27. The van der Waals surface area contributed by atoms with E-state index in [1.54, 1.807) is 24.3 Å². The van der Waals surface area contributed by atoms with Crippen molar-refractivity contribution in [3.05, 3.63) is 81.0 Å². The number of carbonyl (C=O) groups is 1. The molecule has 2 aromatic carbocycles. The smallest absolute Gasteiger partial charge is 0.343 e. The lowest BCUT2D eigenvalue weighted by Gasteiger charge is -2.14. The number of benzene rings is 2. The van der Waals surface area contributed by atoms with E-state index in [2.05, 4.69) is 0 Å². The van der Waals surface area contributed by atoms with Crippen molar-refractivity contribution in [2.75, 3.05) is 4.90 Å². The number of hydrogen-bond donors (Lipinski definition) is 0. The van der Waals surface area contributed by atoms with Crippen LogP contribution in [0.15, 0.2) is 68.7 Å². The molecule has 26 heavy (non-hydrogen) atoms. The van der Waals surface area contributed by atoms with Crippen LogP contribution >= 0.6 is 24.0 Å². The molecule has 0 N–H and O–H groups in total. The first kappa shape index (κ1) is 16.8. The van der Waals surface area contributed by atoms with Crippen LogP contribution < -0.4 is 10.5 Å². The highest BCUT2D eigenvalue weighted by molar-refractivity contribution is 8.27. The molecule has 4 nitrogen and oxygen atoms in total. The first-order chi connectivity index (χ1) is 12.5. The number of para-hydroxylation sites is 1. The molecule has 0 radical (unpaired) electrons. The minimum atomic E-state index is -0.482. The summed E-state index contributed by atoms with van der Waals surface area (Å²) in [7, 11) is 0. The van der Waals surface area contributed by atoms with Gasteiger partial charge in [-0.1, -0.05) is 54.3 Å². The van der Waals surface area contributed by atoms with E-state index in [0.29, 0.717) is 20.4 Å². The normalized spacial score (nSPS) is 16.0. The highest BCUT2D eigenvalue weighted by atomic mass is 32.2. The summed E-state index contributed by atoms with van der Waals surface area (Å²) in [5.41, 5.74) is 2.12. The number of anilines is 1. The number of nitrogens with zero attached hydrogens (tertiary/aromatic N) is 1. The molecule has 0 bridgehead atoms. The van der Waals surface area contributed by atoms with Crippen LogP contribution in [-0.2, 0) is 4.79 Å². The Kier molecular flexibility index (Phi) is 4.22. The lowest BCUT2D eigenvalue weighted by molar-refractivity contribution is -0.113. The molecule has 3 aromatic rings. The molecular weight excluding hydrogens is 366 g/mol. The second-order valence-electron chi connectivity index (χ2n) is 5.88. The molecule has 0 saturated carbocycles. The summed E-state index contributed by atoms with van der Waals surface area (Å²) in [5, 5.41) is 0.799. The monoisotopic (exact) mass is 379 g/mol. The Bertz CT molecular complexity index is 1150. The van der Waals surface area contributed by atoms with E-state index in [0.717, 1.165) is 16.6 Å². The average Bonchev–Trinajstić information content (AvgIpc) is 2.89. The van der Waals surface area contributed by atoms with E-state index in [-0.39, 0.29) is 5.91 Å². The average molecular weight is 379 g/mol. The summed E-state index contributed by atoms with van der Waals surface area (Å²) in [6.45, 7) is 1.96. The van der Waals surface area contributed by atoms with E-state index < -0.39 is 5.63 Å². The van der Waals surface area contributed by atoms with Crippen molar-refractivity contribution in [1.82, 2.24) is 0 Å². The van der Waals surface area contributed by atoms with Crippen LogP contribution in [0.2, 0.25) is 0 Å². The van der Waals surface area contributed by atoms with Crippen LogP contribution in [0.4, 0.5) is 5.69 Å². The quantitative estimate of drug-likeness (QED) is 0.373. The number of fused-ring (bicyclic) bond motifs is 1. The maximum Gasteiger partial charge on any atom is 0.343 e. The van der Waals surface area contributed by atoms with Gasteiger partial charge >= 0.3 is 5.63 Å². The fourth-order valence-corrected chi connectivity index (χ4v) is 4.07. The molecule has 0 aliphatic carbocycles. The zero-order chi connectivity index (χ0) is 18.3. The van der Waals surface area contributed by atoms with Crippen molar-refractivity contribution < 1.29 is 9.21 Å². The van der Waals surface area contributed by atoms with Crippen LogP contribution in [-0.4, -0.2) is 10.2 Å². The summed E-state index contributed by atoms with van der Waals surface area (Å²) >= 11 is 6.55. The summed E-state index contributed by atoms with van der Waals surface area (Å²) in [6, 6.07) is 16.6. The number of aryl methyl sites for hydroxylation is 1. The van der Waals surface area contributed by atoms with Gasteiger partial charge < -0.3 is 4.42 Å². The van der Waals surface area contributed by atoms with Gasteiger partial charge in [0.05, 0.1) is 16.2 Å². The number of thioether (sulfide) groups is 1. The van der Waals surface area contributed by atoms with Crippen LogP contribution in [0, 0.1) is 6.92 Å². The Morgan fingerprint density at radius 2 is 1.88 bits per heavy atom. The minimum absolute atomic E-state index is 0.238. The molecule has 6 heteroatoms. The topological polar surface area (TPSA) is 50.5 Å².